The number of ether oxygens (including phenoxy) is 8. The molecule has 2 aliphatic heterocycles. The maximum atomic E-state index is 12.8. The molecule has 3 aliphatic rings. The van der Waals surface area contributed by atoms with E-state index in [2.05, 4.69) is 43.7 Å². The molecule has 4 aromatic carbocycles. The Kier molecular flexibility index (Phi) is 21.0. The zero-order valence-corrected chi connectivity index (χ0v) is 50.2. The van der Waals surface area contributed by atoms with Gasteiger partial charge < -0.3 is 47.7 Å². The summed E-state index contributed by atoms with van der Waals surface area (Å²) in [5.74, 6) is 2.67. The van der Waals surface area contributed by atoms with E-state index in [9.17, 15) is 28.8 Å². The largest absolute Gasteiger partial charge is 0.511 e. The fourth-order valence-corrected chi connectivity index (χ4v) is 10.7. The normalized spacial score (nSPS) is 15.7. The maximum absolute atomic E-state index is 12.8. The van der Waals surface area contributed by atoms with E-state index in [0.717, 1.165) is 68.9 Å². The van der Waals surface area contributed by atoms with Crippen LogP contribution in [0, 0.1) is 0 Å². The van der Waals surface area contributed by atoms with Crippen LogP contribution in [0.5, 0.6) is 23.0 Å². The Labute approximate surface area is 523 Å². The van der Waals surface area contributed by atoms with Crippen LogP contribution in [0.3, 0.4) is 0 Å². The third-order valence-electron chi connectivity index (χ3n) is 15.0. The van der Waals surface area contributed by atoms with Crippen molar-refractivity contribution in [1.29, 1.82) is 0 Å². The van der Waals surface area contributed by atoms with E-state index in [1.807, 2.05) is 109 Å². The van der Waals surface area contributed by atoms with Crippen LogP contribution in [0.15, 0.2) is 147 Å². The number of hydrogen-bond donors (Lipinski definition) is 2. The Morgan fingerprint density at radius 2 is 0.956 bits per heavy atom. The average molecular weight is 1240 g/mol. The van der Waals surface area contributed by atoms with Crippen LogP contribution in [-0.4, -0.2) is 138 Å². The lowest BCUT2D eigenvalue weighted by atomic mass is 9.98. The van der Waals surface area contributed by atoms with E-state index in [1.165, 1.54) is 24.8 Å². The number of nitrogens with zero attached hydrogens (tertiary/aromatic N) is 10. The van der Waals surface area contributed by atoms with E-state index in [1.54, 1.807) is 33.0 Å². The Bertz CT molecular complexity index is 3860. The van der Waals surface area contributed by atoms with Crippen LogP contribution in [-0.2, 0) is 38.0 Å². The van der Waals surface area contributed by atoms with E-state index >= 15 is 0 Å². The van der Waals surface area contributed by atoms with E-state index in [4.69, 9.17) is 48.1 Å². The number of likely N-dealkylation sites (tertiary alicyclic amines) is 2. The molecule has 26 nitrogen and oxygen atoms in total. The molecule has 472 valence electrons. The summed E-state index contributed by atoms with van der Waals surface area (Å²) in [4.78, 5) is 95.1. The van der Waals surface area contributed by atoms with Crippen LogP contribution in [0.4, 0.5) is 30.8 Å². The SMILES string of the molecule is C=CC(=O)N1CCC[C@@H](n2nc(-c3ccc(Oc4ccccc4)cc3)c3c(NC(=O)OCOC(=O)OC(C)C)ncnc32)C1.C=CC(=O)N1CCC[C@@H](n2nc(-c3ccc(Oc4ccccc4)cc3)c3c(NC(=O)OCOC(=O)OC4CCCCC4)ncnc32)C1. The highest BCUT2D eigenvalue weighted by molar-refractivity contribution is 6.04. The van der Waals surface area contributed by atoms with Crippen molar-refractivity contribution in [2.75, 3.05) is 50.4 Å². The summed E-state index contributed by atoms with van der Waals surface area (Å²) in [6.07, 6.45) is 8.83. The Balaban J connectivity index is 0.000000200. The fourth-order valence-electron chi connectivity index (χ4n) is 10.7. The molecule has 1 aliphatic carbocycles. The molecule has 0 bridgehead atoms. The molecule has 2 atom stereocenters. The third kappa shape index (κ3) is 16.4. The highest BCUT2D eigenvalue weighted by atomic mass is 16.8. The highest BCUT2D eigenvalue weighted by Crippen LogP contribution is 2.38. The van der Waals surface area contributed by atoms with Crippen molar-refractivity contribution in [2.45, 2.75) is 95.9 Å². The van der Waals surface area contributed by atoms with Crippen LogP contribution >= 0.6 is 0 Å². The first-order valence-electron chi connectivity index (χ1n) is 29.8. The van der Waals surface area contributed by atoms with Gasteiger partial charge in [0, 0.05) is 37.3 Å². The van der Waals surface area contributed by atoms with E-state index in [-0.39, 0.29) is 47.7 Å². The third-order valence-corrected chi connectivity index (χ3v) is 15.0. The summed E-state index contributed by atoms with van der Waals surface area (Å²) in [6.45, 7) is 11.4. The molecule has 3 fully saturated rings. The zero-order chi connectivity index (χ0) is 63.6. The number of aromatic nitrogens is 8. The van der Waals surface area contributed by atoms with Gasteiger partial charge in [-0.1, -0.05) is 56.0 Å². The van der Waals surface area contributed by atoms with Gasteiger partial charge in [-0.2, -0.15) is 10.2 Å². The van der Waals surface area contributed by atoms with Crippen LogP contribution in [0.25, 0.3) is 44.6 Å². The van der Waals surface area contributed by atoms with Crippen molar-refractivity contribution in [1.82, 2.24) is 49.3 Å². The number of hydrogen-bond acceptors (Lipinski definition) is 20. The van der Waals surface area contributed by atoms with Crippen LogP contribution in [0.1, 0.15) is 83.7 Å². The van der Waals surface area contributed by atoms with E-state index < -0.39 is 38.1 Å². The molecule has 11 rings (SSSR count). The number of anilines is 2. The minimum atomic E-state index is -0.961. The maximum Gasteiger partial charge on any atom is 0.511 e. The van der Waals surface area contributed by atoms with Crippen molar-refractivity contribution in [3.05, 3.63) is 147 Å². The molecule has 2 N–H and O–H groups in total. The smallest absolute Gasteiger partial charge is 0.457 e. The quantitative estimate of drug-likeness (QED) is 0.0349. The predicted octanol–water partition coefficient (Wildman–Crippen LogP) is 12.3. The number of amides is 4. The van der Waals surface area contributed by atoms with Crippen molar-refractivity contribution in [3.8, 4) is 45.5 Å². The van der Waals surface area contributed by atoms with Gasteiger partial charge in [0.1, 0.15) is 53.1 Å². The first kappa shape index (κ1) is 63.1. The predicted molar refractivity (Wildman–Crippen MR) is 332 cm³/mol. The zero-order valence-electron chi connectivity index (χ0n) is 50.2. The number of rotatable bonds is 18. The Morgan fingerprint density at radius 1 is 0.527 bits per heavy atom. The molecule has 2 saturated heterocycles. The number of piperidine rings is 2. The van der Waals surface area contributed by atoms with Gasteiger partial charge in [0.2, 0.25) is 25.4 Å². The minimum absolute atomic E-state index is 0.144. The second-order valence-electron chi connectivity index (χ2n) is 21.6. The Hall–Kier alpha value is -10.9. The molecular weight excluding hydrogens is 1170 g/mol. The molecular formula is C65H68N12O14. The number of benzene rings is 4. The molecule has 6 heterocycles. The number of fused-ring (bicyclic) bond motifs is 2. The van der Waals surface area contributed by atoms with Crippen LogP contribution in [0.2, 0.25) is 0 Å². The van der Waals surface area contributed by atoms with Crippen molar-refractivity contribution in [2.24, 2.45) is 0 Å². The van der Waals surface area contributed by atoms with Gasteiger partial charge in [-0.15, -0.1) is 0 Å². The van der Waals surface area contributed by atoms with Gasteiger partial charge in [0.25, 0.3) is 0 Å². The lowest BCUT2D eigenvalue weighted by Gasteiger charge is -2.32. The van der Waals surface area contributed by atoms with Gasteiger partial charge in [0.15, 0.2) is 22.9 Å². The van der Waals surface area contributed by atoms with Crippen LogP contribution < -0.4 is 20.1 Å². The monoisotopic (exact) mass is 1240 g/mol. The molecule has 4 aromatic heterocycles. The molecule has 1 saturated carbocycles. The standard InChI is InChI=1S/C34H36N6O7.C31H32N6O7/c1-2-28(41)39-19-9-10-24(20-39)40-32-29(30(38-40)23-15-17-27(18-16-23)46-25-11-5-3-6-12-25)31(35-21-36-32)37-33(42)44-22-45-34(43)47-26-13-7-4-8-14-26;1-4-25(38)36-16-8-9-22(17-36)37-29-26(28(32-18-33-29)34-30(39)41-19-42-31(40)43-20(2)3)27(35-37)21-12-14-24(15-13-21)44-23-10-6-5-7-11-23/h2-3,5-6,11-12,15-18,21,24,26H,1,4,7-10,13-14,19-20,22H2,(H,35,36,37,42);4-7,10-15,18,20,22H,1,8-9,16-17,19H2,2-3H3,(H,32,33,34,39)/t24-;22-/m11/s1. The molecule has 91 heavy (non-hydrogen) atoms. The molecule has 0 unspecified atom stereocenters. The summed E-state index contributed by atoms with van der Waals surface area (Å²) in [5.41, 5.74) is 3.40. The first-order valence-corrected chi connectivity index (χ1v) is 29.8. The van der Waals surface area contributed by atoms with Gasteiger partial charge in [-0.3, -0.25) is 20.2 Å². The first-order chi connectivity index (χ1) is 44.3. The number of nitrogens with one attached hydrogen (secondary N) is 2. The lowest BCUT2D eigenvalue weighted by Crippen LogP contribution is -2.40. The van der Waals surface area contributed by atoms with Gasteiger partial charge in [-0.25, -0.2) is 48.5 Å². The van der Waals surface area contributed by atoms with Crippen molar-refractivity contribution >= 4 is 70.0 Å². The summed E-state index contributed by atoms with van der Waals surface area (Å²) >= 11 is 0. The highest BCUT2D eigenvalue weighted by Gasteiger charge is 2.31. The topological polar surface area (TPSA) is 294 Å². The summed E-state index contributed by atoms with van der Waals surface area (Å²) in [7, 11) is 0. The Morgan fingerprint density at radius 3 is 1.38 bits per heavy atom. The molecule has 26 heteroatoms. The number of carbonyl (C=O) groups is 6. The number of para-hydroxylation sites is 2. The molecule has 0 spiro atoms. The fraction of sp³-hybridized carbons (Fsp3) is 0.323. The van der Waals surface area contributed by atoms with Gasteiger partial charge in [-0.05, 0) is 150 Å². The lowest BCUT2D eigenvalue weighted by molar-refractivity contribution is -0.128. The van der Waals surface area contributed by atoms with E-state index in [0.29, 0.717) is 82.6 Å². The summed E-state index contributed by atoms with van der Waals surface area (Å²) in [6, 6.07) is 33.2. The average Bonchev–Trinajstić information content (AvgIpc) is 1.65. The summed E-state index contributed by atoms with van der Waals surface area (Å²) < 4.78 is 45.5. The molecule has 8 aromatic rings. The summed E-state index contributed by atoms with van der Waals surface area (Å²) in [5, 5.41) is 16.1. The van der Waals surface area contributed by atoms with Gasteiger partial charge in [0.05, 0.1) is 29.0 Å². The minimum Gasteiger partial charge on any atom is -0.457 e. The molecule has 0 radical (unpaired) electrons. The molecule has 4 amide bonds. The second kappa shape index (κ2) is 30.3. The number of carbonyl (C=O) groups excluding carboxylic acids is 6. The van der Waals surface area contributed by atoms with Crippen molar-refractivity contribution in [3.63, 3.8) is 0 Å². The van der Waals surface area contributed by atoms with Crippen molar-refractivity contribution < 1.29 is 66.7 Å². The van der Waals surface area contributed by atoms with Gasteiger partial charge >= 0.3 is 24.5 Å². The second-order valence-corrected chi connectivity index (χ2v) is 21.6.